The Labute approximate surface area is 317 Å². The average Bonchev–Trinajstić information content (AvgIpc) is 3.13. The number of unbranched alkanes of at least 4 members (excludes halogenated alkanes) is 5. The Balaban J connectivity index is 2.02. The Morgan fingerprint density at radius 2 is 1.28 bits per heavy atom. The first-order valence-corrected chi connectivity index (χ1v) is 18.6. The van der Waals surface area contributed by atoms with Gasteiger partial charge in [-0.15, -0.1) is 0 Å². The van der Waals surface area contributed by atoms with E-state index in [0.29, 0.717) is 17.5 Å². The molecule has 0 saturated carbocycles. The largest absolute Gasteiger partial charge is 0.508 e. The van der Waals surface area contributed by atoms with Gasteiger partial charge in [-0.3, -0.25) is 33.6 Å². The molecule has 0 spiro atoms. The maximum absolute atomic E-state index is 13.7. The monoisotopic (exact) mass is 751 g/mol. The van der Waals surface area contributed by atoms with Crippen LogP contribution in [0.25, 0.3) is 0 Å². The average molecular weight is 752 g/mol. The first-order valence-electron chi connectivity index (χ1n) is 18.6. The molecule has 0 aliphatic rings. The number of nitrogens with two attached hydrogens (primary N) is 2. The van der Waals surface area contributed by atoms with Gasteiger partial charge in [-0.2, -0.15) is 0 Å². The third-order valence-electron chi connectivity index (χ3n) is 8.59. The number of hydrogen-bond acceptors (Lipinski definition) is 9. The number of Topliss-reactive ketones (excluding diaryl/α,β-unsaturated/α-hetero) is 1. The van der Waals surface area contributed by atoms with E-state index >= 15 is 0 Å². The van der Waals surface area contributed by atoms with Crippen molar-refractivity contribution in [2.24, 2.45) is 17.4 Å². The lowest BCUT2D eigenvalue weighted by molar-refractivity contribution is -0.141. The smallest absolute Gasteiger partial charge is 0.290 e. The van der Waals surface area contributed by atoms with Crippen LogP contribution in [0, 0.1) is 5.92 Å². The first-order chi connectivity index (χ1) is 25.7. The summed E-state index contributed by atoms with van der Waals surface area (Å²) in [5, 5.41) is 21.9. The fraction of sp³-hybridized carbons (Fsp3) is 0.513. The summed E-state index contributed by atoms with van der Waals surface area (Å²) in [6.07, 6.45) is 6.34. The van der Waals surface area contributed by atoms with Gasteiger partial charge < -0.3 is 43.2 Å². The van der Waals surface area contributed by atoms with Crippen molar-refractivity contribution in [3.05, 3.63) is 65.7 Å². The molecule has 2 rings (SSSR count). The van der Waals surface area contributed by atoms with Crippen LogP contribution in [0.2, 0.25) is 0 Å². The van der Waals surface area contributed by atoms with Crippen LogP contribution in [0.3, 0.4) is 0 Å². The number of amides is 6. The molecular formula is C39H57N7O8. The minimum atomic E-state index is -1.26. The summed E-state index contributed by atoms with van der Waals surface area (Å²) in [4.78, 5) is 90.1. The number of phenols is 1. The van der Waals surface area contributed by atoms with Crippen LogP contribution in [0.15, 0.2) is 54.6 Å². The van der Waals surface area contributed by atoms with Crippen molar-refractivity contribution >= 4 is 41.2 Å². The summed E-state index contributed by atoms with van der Waals surface area (Å²) in [7, 11) is 0. The maximum Gasteiger partial charge on any atom is 0.290 e. The minimum Gasteiger partial charge on any atom is -0.508 e. The molecule has 0 aromatic heterocycles. The zero-order valence-electron chi connectivity index (χ0n) is 31.5. The Morgan fingerprint density at radius 3 is 1.91 bits per heavy atom. The summed E-state index contributed by atoms with van der Waals surface area (Å²) in [5.41, 5.74) is 12.9. The van der Waals surface area contributed by atoms with E-state index in [2.05, 4.69) is 33.5 Å². The molecule has 1 unspecified atom stereocenters. The molecule has 296 valence electrons. The van der Waals surface area contributed by atoms with Gasteiger partial charge in [-0.25, -0.2) is 0 Å². The molecule has 6 amide bonds. The van der Waals surface area contributed by atoms with E-state index in [0.717, 1.165) is 32.1 Å². The van der Waals surface area contributed by atoms with Crippen LogP contribution in [0.4, 0.5) is 0 Å². The van der Waals surface area contributed by atoms with E-state index in [4.69, 9.17) is 11.5 Å². The summed E-state index contributed by atoms with van der Waals surface area (Å²) in [6, 6.07) is 10.5. The number of nitrogens with one attached hydrogen (secondary N) is 5. The number of benzene rings is 2. The molecule has 2 aromatic carbocycles. The summed E-state index contributed by atoms with van der Waals surface area (Å²) in [5.74, 6) is -5.54. The van der Waals surface area contributed by atoms with E-state index in [1.165, 1.54) is 12.1 Å². The Morgan fingerprint density at radius 1 is 0.667 bits per heavy atom. The lowest BCUT2D eigenvalue weighted by atomic mass is 9.98. The third-order valence-corrected chi connectivity index (χ3v) is 8.59. The number of carbonyl (C=O) groups excluding carboxylic acids is 7. The van der Waals surface area contributed by atoms with Crippen LogP contribution < -0.4 is 38.1 Å². The zero-order valence-corrected chi connectivity index (χ0v) is 31.5. The highest BCUT2D eigenvalue weighted by Crippen LogP contribution is 2.12. The van der Waals surface area contributed by atoms with Gasteiger partial charge in [0.25, 0.3) is 5.91 Å². The molecule has 0 radical (unpaired) electrons. The molecule has 0 aliphatic heterocycles. The third kappa shape index (κ3) is 17.5. The molecule has 10 N–H and O–H groups in total. The highest BCUT2D eigenvalue weighted by Gasteiger charge is 2.32. The van der Waals surface area contributed by atoms with Crippen molar-refractivity contribution < 1.29 is 38.7 Å². The molecule has 2 aromatic rings. The van der Waals surface area contributed by atoms with Crippen molar-refractivity contribution in [3.63, 3.8) is 0 Å². The quantitative estimate of drug-likeness (QED) is 0.0532. The highest BCUT2D eigenvalue weighted by molar-refractivity contribution is 6.38. The second-order valence-electron chi connectivity index (χ2n) is 13.8. The lowest BCUT2D eigenvalue weighted by Gasteiger charge is -2.24. The van der Waals surface area contributed by atoms with Gasteiger partial charge in [0, 0.05) is 6.42 Å². The predicted molar refractivity (Wildman–Crippen MR) is 203 cm³/mol. The van der Waals surface area contributed by atoms with Crippen molar-refractivity contribution in [2.45, 2.75) is 109 Å². The molecular weight excluding hydrogens is 694 g/mol. The highest BCUT2D eigenvalue weighted by atomic mass is 16.3. The summed E-state index contributed by atoms with van der Waals surface area (Å²) < 4.78 is 0. The molecule has 54 heavy (non-hydrogen) atoms. The molecule has 0 aliphatic carbocycles. The first kappa shape index (κ1) is 44.8. The van der Waals surface area contributed by atoms with E-state index in [1.807, 2.05) is 13.8 Å². The fourth-order valence-corrected chi connectivity index (χ4v) is 5.60. The number of hydrogen-bond donors (Lipinski definition) is 8. The van der Waals surface area contributed by atoms with Gasteiger partial charge in [0.05, 0.1) is 25.2 Å². The summed E-state index contributed by atoms with van der Waals surface area (Å²) >= 11 is 0. The standard InChI is InChI=1S/C39H57N7O8/c1-4-5-6-7-8-12-15-30(36(41)51)45-39(54)35(50)31(20-25(2)3)46-38(53)32(22-26-13-10-9-11-14-26)44-34(49)24-42-33(48)23-43-37(52)29(40)21-27-16-18-28(47)19-17-27/h9-11,13-14,16-19,25,29-32,47H,4-8,12,15,20-24,40H2,1-3H3,(H2,41,51)(H,42,48)(H,43,52)(H,44,49)(H,45,54)(H,46,53)/t29-,30?,31-,32-/m0/s1. The fourth-order valence-electron chi connectivity index (χ4n) is 5.60. The van der Waals surface area contributed by atoms with Crippen LogP contribution in [-0.4, -0.2) is 83.6 Å². The normalized spacial score (nSPS) is 13.1. The van der Waals surface area contributed by atoms with E-state index in [1.54, 1.807) is 42.5 Å². The Hall–Kier alpha value is -5.31. The maximum atomic E-state index is 13.7. The second-order valence-corrected chi connectivity index (χ2v) is 13.8. The lowest BCUT2D eigenvalue weighted by Crippen LogP contribution is -2.57. The molecule has 0 saturated heterocycles. The van der Waals surface area contributed by atoms with Gasteiger partial charge in [0.1, 0.15) is 17.8 Å². The number of aromatic hydroxyl groups is 1. The zero-order chi connectivity index (χ0) is 40.0. The van der Waals surface area contributed by atoms with Crippen LogP contribution in [0.1, 0.15) is 83.3 Å². The van der Waals surface area contributed by atoms with Gasteiger partial charge in [-0.1, -0.05) is 102 Å². The molecule has 15 heteroatoms. The second kappa shape index (κ2) is 24.1. The van der Waals surface area contributed by atoms with Crippen molar-refractivity contribution in [2.75, 3.05) is 13.1 Å². The van der Waals surface area contributed by atoms with E-state index < -0.39 is 78.5 Å². The van der Waals surface area contributed by atoms with Gasteiger partial charge in [0.15, 0.2) is 0 Å². The van der Waals surface area contributed by atoms with Gasteiger partial charge in [0.2, 0.25) is 35.3 Å². The Bertz CT molecular complexity index is 1540. The van der Waals surface area contributed by atoms with Crippen LogP contribution in [0.5, 0.6) is 5.75 Å². The topological polar surface area (TPSA) is 252 Å². The van der Waals surface area contributed by atoms with E-state index in [-0.39, 0.29) is 37.4 Å². The number of rotatable bonds is 25. The van der Waals surface area contributed by atoms with Crippen LogP contribution >= 0.6 is 0 Å². The SMILES string of the molecule is CCCCCCCCC(NC(=O)C(=O)[C@H](CC(C)C)NC(=O)[C@H](Cc1ccccc1)NC(=O)CNC(=O)CNC(=O)[C@@H](N)Cc1ccc(O)cc1)C(N)=O. The molecule has 0 heterocycles. The van der Waals surface area contributed by atoms with E-state index in [9.17, 15) is 38.7 Å². The summed E-state index contributed by atoms with van der Waals surface area (Å²) in [6.45, 7) is 4.75. The number of carbonyl (C=O) groups is 7. The molecule has 0 fully saturated rings. The number of primary amides is 1. The van der Waals surface area contributed by atoms with Gasteiger partial charge >= 0.3 is 0 Å². The number of phenolic OH excluding ortho intramolecular Hbond substituents is 1. The van der Waals surface area contributed by atoms with Crippen molar-refractivity contribution in [3.8, 4) is 5.75 Å². The number of ketones is 1. The van der Waals surface area contributed by atoms with Gasteiger partial charge in [-0.05, 0) is 48.4 Å². The van der Waals surface area contributed by atoms with Crippen LogP contribution in [-0.2, 0) is 46.4 Å². The van der Waals surface area contributed by atoms with Crippen molar-refractivity contribution in [1.29, 1.82) is 0 Å². The predicted octanol–water partition coefficient (Wildman–Crippen LogP) is 1.04. The Kier molecular flexibility index (Phi) is 20.0. The van der Waals surface area contributed by atoms with Crippen molar-refractivity contribution in [1.82, 2.24) is 26.6 Å². The molecule has 15 nitrogen and oxygen atoms in total. The molecule has 4 atom stereocenters. The minimum absolute atomic E-state index is 0.0259. The molecule has 0 bridgehead atoms.